The van der Waals surface area contributed by atoms with Crippen molar-refractivity contribution in [2.24, 2.45) is 4.99 Å². The highest BCUT2D eigenvalue weighted by Crippen LogP contribution is 2.27. The number of halogens is 2. The summed E-state index contributed by atoms with van der Waals surface area (Å²) in [6.07, 6.45) is 4.85. The molecule has 170 valence electrons. The van der Waals surface area contributed by atoms with Crippen molar-refractivity contribution in [3.8, 4) is 5.75 Å². The van der Waals surface area contributed by atoms with Gasteiger partial charge in [0.05, 0.1) is 11.9 Å². The first-order chi connectivity index (χ1) is 14.3. The molecule has 2 aromatic carbocycles. The fraction of sp³-hybridized carbons (Fsp3) is 0.409. The van der Waals surface area contributed by atoms with Gasteiger partial charge in [0.25, 0.3) is 0 Å². The molecule has 1 saturated carbocycles. The van der Waals surface area contributed by atoms with Crippen LogP contribution in [0.15, 0.2) is 47.5 Å². The van der Waals surface area contributed by atoms with Gasteiger partial charge in [-0.1, -0.05) is 24.3 Å². The predicted octanol–water partition coefficient (Wildman–Crippen LogP) is 3.78. The summed E-state index contributed by atoms with van der Waals surface area (Å²) in [5.74, 6) is 0.852. The molecule has 0 radical (unpaired) electrons. The molecule has 2 N–H and O–H groups in total. The molecular formula is C22H29FIN3O3S. The van der Waals surface area contributed by atoms with Gasteiger partial charge in [0.15, 0.2) is 15.8 Å². The van der Waals surface area contributed by atoms with Crippen LogP contribution in [0.25, 0.3) is 0 Å². The number of sulfone groups is 1. The number of nitrogens with zero attached hydrogens (tertiary/aromatic N) is 1. The molecule has 1 aliphatic carbocycles. The number of benzene rings is 2. The van der Waals surface area contributed by atoms with Crippen molar-refractivity contribution in [1.82, 2.24) is 10.6 Å². The second-order valence-electron chi connectivity index (χ2n) is 7.54. The zero-order valence-corrected chi connectivity index (χ0v) is 20.9. The lowest BCUT2D eigenvalue weighted by molar-refractivity contribution is 0.119. The topological polar surface area (TPSA) is 79.8 Å². The van der Waals surface area contributed by atoms with Crippen molar-refractivity contribution in [2.45, 2.75) is 44.2 Å². The maximum Gasteiger partial charge on any atom is 0.191 e. The molecule has 0 bridgehead atoms. The van der Waals surface area contributed by atoms with Gasteiger partial charge in [-0.15, -0.1) is 24.0 Å². The molecule has 0 spiro atoms. The predicted molar refractivity (Wildman–Crippen MR) is 132 cm³/mol. The Morgan fingerprint density at radius 3 is 2.39 bits per heavy atom. The Balaban J connectivity index is 0.00000341. The second-order valence-corrected chi connectivity index (χ2v) is 9.68. The molecule has 0 saturated heterocycles. The van der Waals surface area contributed by atoms with Crippen LogP contribution in [0.3, 0.4) is 0 Å². The summed E-state index contributed by atoms with van der Waals surface area (Å²) in [5.41, 5.74) is 2.18. The van der Waals surface area contributed by atoms with E-state index in [0.29, 0.717) is 29.7 Å². The molecule has 6 nitrogen and oxygen atoms in total. The summed E-state index contributed by atoms with van der Waals surface area (Å²) in [6.45, 7) is 0.768. The summed E-state index contributed by atoms with van der Waals surface area (Å²) >= 11 is 0. The third kappa shape index (κ3) is 7.95. The van der Waals surface area contributed by atoms with E-state index < -0.39 is 15.7 Å². The molecule has 0 amide bonds. The first-order valence-corrected chi connectivity index (χ1v) is 12.0. The lowest BCUT2D eigenvalue weighted by Crippen LogP contribution is -2.36. The lowest BCUT2D eigenvalue weighted by Gasteiger charge is -2.27. The van der Waals surface area contributed by atoms with Gasteiger partial charge in [-0.25, -0.2) is 12.8 Å². The van der Waals surface area contributed by atoms with E-state index in [1.807, 2.05) is 24.3 Å². The fourth-order valence-electron chi connectivity index (χ4n) is 3.19. The van der Waals surface area contributed by atoms with Gasteiger partial charge < -0.3 is 15.4 Å². The van der Waals surface area contributed by atoms with E-state index in [2.05, 4.69) is 15.6 Å². The second kappa shape index (κ2) is 11.7. The Kier molecular flexibility index (Phi) is 9.54. The van der Waals surface area contributed by atoms with Crippen LogP contribution in [0.1, 0.15) is 36.0 Å². The number of para-hydroxylation sites is 1. The molecule has 0 unspecified atom stereocenters. The first-order valence-electron chi connectivity index (χ1n) is 9.98. The summed E-state index contributed by atoms with van der Waals surface area (Å²) in [5, 5.41) is 6.36. The molecule has 3 rings (SSSR count). The highest BCUT2D eigenvalue weighted by molar-refractivity contribution is 14.0. The maximum absolute atomic E-state index is 13.7. The van der Waals surface area contributed by atoms with Crippen molar-refractivity contribution >= 4 is 39.8 Å². The molecule has 0 heterocycles. The highest BCUT2D eigenvalue weighted by atomic mass is 127. The maximum atomic E-state index is 13.7. The van der Waals surface area contributed by atoms with Crippen LogP contribution in [0.2, 0.25) is 0 Å². The average Bonchev–Trinajstić information content (AvgIpc) is 2.66. The number of aliphatic imine (C=N–C) groups is 1. The Morgan fingerprint density at radius 1 is 1.10 bits per heavy atom. The largest absolute Gasteiger partial charge is 0.490 e. The van der Waals surface area contributed by atoms with Crippen LogP contribution in [-0.2, 0) is 28.7 Å². The SMILES string of the molecule is CN=C(NCc1cc(F)ccc1CS(C)(=O)=O)NCc1ccccc1OC1CCC1.I. The average molecular weight is 561 g/mol. The first kappa shape index (κ1) is 25.4. The molecule has 1 aliphatic rings. The molecular weight excluding hydrogens is 532 g/mol. The third-order valence-electron chi connectivity index (χ3n) is 5.02. The Bertz CT molecular complexity index is 1010. The van der Waals surface area contributed by atoms with Gasteiger partial charge in [-0.2, -0.15) is 0 Å². The van der Waals surface area contributed by atoms with Crippen LogP contribution < -0.4 is 15.4 Å². The standard InChI is InChI=1S/C22H28FN3O3S.HI/c1-24-22(25-13-16-6-3-4-9-21(16)29-20-7-5-8-20)26-14-18-12-19(23)11-10-17(18)15-30(2,27)28;/h3-4,6,9-12,20H,5,7-8,13-15H2,1-2H3,(H2,24,25,26);1H. The van der Waals surface area contributed by atoms with Crippen molar-refractivity contribution < 1.29 is 17.5 Å². The summed E-state index contributed by atoms with van der Waals surface area (Å²) < 4.78 is 43.1. The van der Waals surface area contributed by atoms with Crippen LogP contribution >= 0.6 is 24.0 Å². The van der Waals surface area contributed by atoms with Crippen molar-refractivity contribution in [3.05, 3.63) is 65.0 Å². The van der Waals surface area contributed by atoms with E-state index in [1.165, 1.54) is 24.6 Å². The normalized spacial score (nSPS) is 14.4. The molecule has 1 fully saturated rings. The van der Waals surface area contributed by atoms with Crippen LogP contribution in [0.4, 0.5) is 4.39 Å². The minimum atomic E-state index is -3.23. The summed E-state index contributed by atoms with van der Waals surface area (Å²) in [4.78, 5) is 4.20. The lowest BCUT2D eigenvalue weighted by atomic mass is 9.96. The number of nitrogens with one attached hydrogen (secondary N) is 2. The van der Waals surface area contributed by atoms with Gasteiger partial charge in [-0.3, -0.25) is 4.99 Å². The smallest absolute Gasteiger partial charge is 0.191 e. The van der Waals surface area contributed by atoms with E-state index >= 15 is 0 Å². The number of ether oxygens (including phenoxy) is 1. The molecule has 0 aliphatic heterocycles. The Hall–Kier alpha value is -1.88. The van der Waals surface area contributed by atoms with Crippen molar-refractivity contribution in [2.75, 3.05) is 13.3 Å². The third-order valence-corrected chi connectivity index (χ3v) is 5.86. The highest BCUT2D eigenvalue weighted by Gasteiger charge is 2.20. The molecule has 9 heteroatoms. The minimum Gasteiger partial charge on any atom is -0.490 e. The van der Waals surface area contributed by atoms with Gasteiger partial charge in [0.1, 0.15) is 11.6 Å². The number of hydrogen-bond acceptors (Lipinski definition) is 4. The molecule has 2 aromatic rings. The van der Waals surface area contributed by atoms with Crippen LogP contribution in [0, 0.1) is 5.82 Å². The fourth-order valence-corrected chi connectivity index (χ4v) is 4.04. The Morgan fingerprint density at radius 2 is 1.77 bits per heavy atom. The van der Waals surface area contributed by atoms with Crippen molar-refractivity contribution in [3.63, 3.8) is 0 Å². The zero-order chi connectivity index (χ0) is 21.6. The zero-order valence-electron chi connectivity index (χ0n) is 17.7. The quantitative estimate of drug-likeness (QED) is 0.292. The van der Waals surface area contributed by atoms with E-state index in [-0.39, 0.29) is 36.3 Å². The van der Waals surface area contributed by atoms with E-state index in [0.717, 1.165) is 30.4 Å². The van der Waals surface area contributed by atoms with Crippen LogP contribution in [-0.4, -0.2) is 33.8 Å². The van der Waals surface area contributed by atoms with Gasteiger partial charge >= 0.3 is 0 Å². The number of rotatable bonds is 8. The van der Waals surface area contributed by atoms with Crippen molar-refractivity contribution in [1.29, 1.82) is 0 Å². The minimum absolute atomic E-state index is 0. The van der Waals surface area contributed by atoms with E-state index in [4.69, 9.17) is 4.74 Å². The number of hydrogen-bond donors (Lipinski definition) is 2. The number of guanidine groups is 1. The Labute approximate surface area is 200 Å². The van der Waals surface area contributed by atoms with E-state index in [9.17, 15) is 12.8 Å². The molecule has 0 aromatic heterocycles. The van der Waals surface area contributed by atoms with Crippen LogP contribution in [0.5, 0.6) is 5.75 Å². The summed E-state index contributed by atoms with van der Waals surface area (Å²) in [7, 11) is -1.58. The summed E-state index contributed by atoms with van der Waals surface area (Å²) in [6, 6.07) is 12.0. The molecule has 31 heavy (non-hydrogen) atoms. The molecule has 0 atom stereocenters. The van der Waals surface area contributed by atoms with E-state index in [1.54, 1.807) is 7.05 Å². The van der Waals surface area contributed by atoms with Gasteiger partial charge in [-0.05, 0) is 48.6 Å². The van der Waals surface area contributed by atoms with Gasteiger partial charge in [0, 0.05) is 32.0 Å². The van der Waals surface area contributed by atoms with Gasteiger partial charge in [0.2, 0.25) is 0 Å². The monoisotopic (exact) mass is 561 g/mol.